The molecule has 140 valence electrons. The van der Waals surface area contributed by atoms with E-state index in [1.54, 1.807) is 18.2 Å². The molecule has 28 heavy (non-hydrogen) atoms. The third-order valence-electron chi connectivity index (χ3n) is 4.73. The van der Waals surface area contributed by atoms with Crippen LogP contribution in [0.3, 0.4) is 0 Å². The summed E-state index contributed by atoms with van der Waals surface area (Å²) in [6.45, 7) is 2.84. The Hall–Kier alpha value is -3.39. The van der Waals surface area contributed by atoms with Crippen molar-refractivity contribution in [1.29, 1.82) is 0 Å². The molecule has 2 N–H and O–H groups in total. The molecule has 9 heteroatoms. The van der Waals surface area contributed by atoms with Crippen molar-refractivity contribution < 1.29 is 9.52 Å². The second-order valence-electron chi connectivity index (χ2n) is 6.69. The third-order valence-corrected chi connectivity index (χ3v) is 4.95. The van der Waals surface area contributed by atoms with Crippen molar-refractivity contribution in [2.24, 2.45) is 0 Å². The Morgan fingerprint density at radius 2 is 2.07 bits per heavy atom. The van der Waals surface area contributed by atoms with Crippen LogP contribution in [-0.2, 0) is 13.1 Å². The molecule has 0 fully saturated rings. The quantitative estimate of drug-likeness (QED) is 0.536. The van der Waals surface area contributed by atoms with Gasteiger partial charge in [-0.15, -0.1) is 0 Å². The number of benzene rings is 1. The summed E-state index contributed by atoms with van der Waals surface area (Å²) in [4.78, 5) is 22.4. The number of aryl methyl sites for hydroxylation is 1. The number of nitrogens with one attached hydrogen (secondary N) is 1. The fourth-order valence-electron chi connectivity index (χ4n) is 3.46. The Kier molecular flexibility index (Phi) is 3.63. The monoisotopic (exact) mass is 395 g/mol. The molecule has 8 nitrogen and oxygen atoms in total. The summed E-state index contributed by atoms with van der Waals surface area (Å²) in [5.74, 6) is 0.0614. The van der Waals surface area contributed by atoms with Crippen LogP contribution in [0.2, 0.25) is 5.02 Å². The normalized spacial score (nSPS) is 13.3. The van der Waals surface area contributed by atoms with E-state index in [0.717, 1.165) is 16.8 Å². The van der Waals surface area contributed by atoms with Gasteiger partial charge in [-0.25, -0.2) is 10.1 Å². The number of aromatic hydroxyl groups is 1. The van der Waals surface area contributed by atoms with E-state index in [9.17, 15) is 9.90 Å². The van der Waals surface area contributed by atoms with Gasteiger partial charge in [-0.1, -0.05) is 11.6 Å². The predicted octanol–water partition coefficient (Wildman–Crippen LogP) is 3.16. The van der Waals surface area contributed by atoms with E-state index in [4.69, 9.17) is 16.0 Å². The van der Waals surface area contributed by atoms with Gasteiger partial charge in [0.2, 0.25) is 5.65 Å². The molecule has 4 heterocycles. The number of fused-ring (bicyclic) bond motifs is 2. The lowest BCUT2D eigenvalue weighted by molar-refractivity contribution is 0.477. The van der Waals surface area contributed by atoms with Gasteiger partial charge in [0.05, 0.1) is 17.9 Å². The number of halogens is 1. The summed E-state index contributed by atoms with van der Waals surface area (Å²) in [7, 11) is 0. The van der Waals surface area contributed by atoms with Crippen LogP contribution in [0.4, 0.5) is 6.01 Å². The molecule has 1 aliphatic heterocycles. The van der Waals surface area contributed by atoms with E-state index in [2.05, 4.69) is 20.2 Å². The number of pyridine rings is 1. The molecular formula is C19H14ClN5O3. The summed E-state index contributed by atoms with van der Waals surface area (Å²) in [6.07, 6.45) is 0. The minimum Gasteiger partial charge on any atom is -0.507 e. The van der Waals surface area contributed by atoms with Gasteiger partial charge < -0.3 is 14.4 Å². The lowest BCUT2D eigenvalue weighted by Gasteiger charge is -2.10. The summed E-state index contributed by atoms with van der Waals surface area (Å²) < 4.78 is 5.84. The fraction of sp³-hybridized carbons (Fsp3) is 0.158. The number of H-pyrrole nitrogens is 1. The lowest BCUT2D eigenvalue weighted by atomic mass is 10.0. The highest BCUT2D eigenvalue weighted by molar-refractivity contribution is 6.31. The maximum absolute atomic E-state index is 11.4. The standard InChI is InChI=1S/C19H14ClN5O3/c1-9-4-11(20)6-14(26)17(9)12-2-3-15-18(21-12)22-19(28-15)25-7-10-5-16(27)24-23-13(10)8-25/h2-6,26H,7-8H2,1H3,(H,24,27). The van der Waals surface area contributed by atoms with Gasteiger partial charge in [0.1, 0.15) is 5.75 Å². The van der Waals surface area contributed by atoms with Crippen molar-refractivity contribution in [1.82, 2.24) is 20.2 Å². The molecule has 0 saturated carbocycles. The largest absolute Gasteiger partial charge is 0.507 e. The number of nitrogens with zero attached hydrogens (tertiary/aromatic N) is 4. The number of phenols is 1. The van der Waals surface area contributed by atoms with Crippen LogP contribution in [0.5, 0.6) is 5.75 Å². The molecule has 0 atom stereocenters. The van der Waals surface area contributed by atoms with Crippen molar-refractivity contribution in [2.45, 2.75) is 20.0 Å². The average Bonchev–Trinajstić information content (AvgIpc) is 3.23. The molecule has 0 unspecified atom stereocenters. The van der Waals surface area contributed by atoms with Crippen molar-refractivity contribution in [2.75, 3.05) is 4.90 Å². The minimum absolute atomic E-state index is 0.0614. The Balaban J connectivity index is 1.53. The average molecular weight is 396 g/mol. The van der Waals surface area contributed by atoms with Gasteiger partial charge in [-0.05, 0) is 36.8 Å². The molecule has 3 aromatic heterocycles. The molecule has 0 saturated heterocycles. The SMILES string of the molecule is Cc1cc(Cl)cc(O)c1-c1ccc2oc(N3Cc4cc(=O)[nH]nc4C3)nc2n1. The number of aromatic amines is 1. The number of phenolic OH excluding ortho intramolecular Hbond substituents is 1. The maximum atomic E-state index is 11.4. The Labute approximate surface area is 163 Å². The molecule has 0 aliphatic carbocycles. The van der Waals surface area contributed by atoms with Gasteiger partial charge in [0.25, 0.3) is 5.56 Å². The number of oxazole rings is 1. The molecule has 0 amide bonds. The van der Waals surface area contributed by atoms with Crippen molar-refractivity contribution in [3.8, 4) is 17.0 Å². The van der Waals surface area contributed by atoms with Crippen LogP contribution in [0.15, 0.2) is 39.5 Å². The number of hydrogen-bond donors (Lipinski definition) is 2. The maximum Gasteiger partial charge on any atom is 0.300 e. The first-order chi connectivity index (χ1) is 13.5. The zero-order valence-corrected chi connectivity index (χ0v) is 15.5. The van der Waals surface area contributed by atoms with Gasteiger partial charge in [-0.3, -0.25) is 4.79 Å². The van der Waals surface area contributed by atoms with E-state index in [1.807, 2.05) is 11.8 Å². The first-order valence-corrected chi connectivity index (χ1v) is 8.95. The highest BCUT2D eigenvalue weighted by Gasteiger charge is 2.25. The molecular weight excluding hydrogens is 382 g/mol. The van der Waals surface area contributed by atoms with Crippen LogP contribution in [0.25, 0.3) is 22.5 Å². The topological polar surface area (TPSA) is 108 Å². The Morgan fingerprint density at radius 1 is 1.21 bits per heavy atom. The smallest absolute Gasteiger partial charge is 0.300 e. The fourth-order valence-corrected chi connectivity index (χ4v) is 3.73. The second kappa shape index (κ2) is 6.07. The number of aromatic nitrogens is 4. The molecule has 1 aliphatic rings. The third kappa shape index (κ3) is 2.69. The van der Waals surface area contributed by atoms with E-state index in [1.165, 1.54) is 12.1 Å². The summed E-state index contributed by atoms with van der Waals surface area (Å²) in [5.41, 5.74) is 4.36. The van der Waals surface area contributed by atoms with Crippen LogP contribution < -0.4 is 10.5 Å². The minimum atomic E-state index is -0.234. The first kappa shape index (κ1) is 16.8. The molecule has 0 spiro atoms. The molecule has 4 aromatic rings. The summed E-state index contributed by atoms with van der Waals surface area (Å²) in [5, 5.41) is 17.3. The van der Waals surface area contributed by atoms with Crippen molar-refractivity contribution in [3.05, 3.63) is 62.5 Å². The Bertz CT molecular complexity index is 1270. The zero-order chi connectivity index (χ0) is 19.4. The van der Waals surface area contributed by atoms with Gasteiger partial charge >= 0.3 is 6.01 Å². The van der Waals surface area contributed by atoms with Gasteiger partial charge in [0.15, 0.2) is 5.58 Å². The lowest BCUT2D eigenvalue weighted by Crippen LogP contribution is -2.14. The number of hydrogen-bond acceptors (Lipinski definition) is 7. The highest BCUT2D eigenvalue weighted by atomic mass is 35.5. The van der Waals surface area contributed by atoms with Gasteiger partial charge in [0, 0.05) is 28.8 Å². The molecule has 5 rings (SSSR count). The van der Waals surface area contributed by atoms with E-state index in [-0.39, 0.29) is 11.3 Å². The number of anilines is 1. The second-order valence-corrected chi connectivity index (χ2v) is 7.13. The predicted molar refractivity (Wildman–Crippen MR) is 103 cm³/mol. The van der Waals surface area contributed by atoms with Crippen LogP contribution in [0, 0.1) is 6.92 Å². The highest BCUT2D eigenvalue weighted by Crippen LogP contribution is 2.35. The molecule has 1 aromatic carbocycles. The molecule has 0 radical (unpaired) electrons. The van der Waals surface area contributed by atoms with Crippen LogP contribution >= 0.6 is 11.6 Å². The van der Waals surface area contributed by atoms with Crippen LogP contribution in [0.1, 0.15) is 16.8 Å². The van der Waals surface area contributed by atoms with Crippen molar-refractivity contribution >= 4 is 28.8 Å². The Morgan fingerprint density at radius 3 is 2.89 bits per heavy atom. The zero-order valence-electron chi connectivity index (χ0n) is 14.7. The first-order valence-electron chi connectivity index (χ1n) is 8.57. The van der Waals surface area contributed by atoms with E-state index < -0.39 is 0 Å². The van der Waals surface area contributed by atoms with E-state index in [0.29, 0.717) is 46.6 Å². The van der Waals surface area contributed by atoms with Gasteiger partial charge in [-0.2, -0.15) is 10.1 Å². The number of rotatable bonds is 2. The molecule has 0 bridgehead atoms. The van der Waals surface area contributed by atoms with Crippen molar-refractivity contribution in [3.63, 3.8) is 0 Å². The van der Waals surface area contributed by atoms with Crippen LogP contribution in [-0.4, -0.2) is 25.3 Å². The summed E-state index contributed by atoms with van der Waals surface area (Å²) in [6, 6.07) is 8.74. The summed E-state index contributed by atoms with van der Waals surface area (Å²) >= 11 is 5.99. The van der Waals surface area contributed by atoms with E-state index >= 15 is 0 Å².